The van der Waals surface area contributed by atoms with Crippen molar-refractivity contribution in [2.45, 2.75) is 17.9 Å². The van der Waals surface area contributed by atoms with E-state index in [4.69, 9.17) is 9.47 Å². The molecule has 0 aliphatic carbocycles. The molecular formula is C23H22N2O5S. The molecule has 160 valence electrons. The van der Waals surface area contributed by atoms with E-state index in [-0.39, 0.29) is 23.5 Å². The molecule has 1 atom stereocenters. The van der Waals surface area contributed by atoms with Gasteiger partial charge in [0.1, 0.15) is 13.2 Å². The average Bonchev–Trinajstić information content (AvgIpc) is 3.00. The molecule has 31 heavy (non-hydrogen) atoms. The van der Waals surface area contributed by atoms with Gasteiger partial charge in [0.25, 0.3) is 10.0 Å². The van der Waals surface area contributed by atoms with Crippen LogP contribution in [0.3, 0.4) is 0 Å². The van der Waals surface area contributed by atoms with Gasteiger partial charge in [-0.15, -0.1) is 0 Å². The molecule has 0 unspecified atom stereocenters. The lowest BCUT2D eigenvalue weighted by Crippen LogP contribution is -2.47. The first-order chi connectivity index (χ1) is 15.0. The normalized spacial score (nSPS) is 18.2. The molecule has 0 fully saturated rings. The summed E-state index contributed by atoms with van der Waals surface area (Å²) in [5.74, 6) is 1.05. The summed E-state index contributed by atoms with van der Waals surface area (Å²) in [4.78, 5) is 15.0. The van der Waals surface area contributed by atoms with Crippen molar-refractivity contribution in [1.29, 1.82) is 0 Å². The predicted octanol–water partition coefficient (Wildman–Crippen LogP) is 3.04. The van der Waals surface area contributed by atoms with Gasteiger partial charge in [-0.05, 0) is 36.6 Å². The first-order valence-corrected chi connectivity index (χ1v) is 11.6. The first-order valence-electron chi connectivity index (χ1n) is 10.2. The second-order valence-corrected chi connectivity index (χ2v) is 9.40. The van der Waals surface area contributed by atoms with Gasteiger partial charge >= 0.3 is 0 Å². The Morgan fingerprint density at radius 2 is 1.81 bits per heavy atom. The third-order valence-electron chi connectivity index (χ3n) is 5.69. The van der Waals surface area contributed by atoms with Crippen LogP contribution in [-0.2, 0) is 14.8 Å². The van der Waals surface area contributed by atoms with Crippen LogP contribution in [0, 0.1) is 0 Å². The lowest BCUT2D eigenvalue weighted by atomic mass is 10.1. The van der Waals surface area contributed by atoms with E-state index in [9.17, 15) is 13.2 Å². The number of hydrogen-bond donors (Lipinski definition) is 0. The molecule has 3 aromatic rings. The second kappa shape index (κ2) is 7.46. The Hall–Kier alpha value is -3.26. The molecule has 0 N–H and O–H groups in total. The Kier molecular flexibility index (Phi) is 4.74. The lowest BCUT2D eigenvalue weighted by Gasteiger charge is -2.31. The van der Waals surface area contributed by atoms with Crippen LogP contribution in [0.15, 0.2) is 65.6 Å². The molecule has 0 spiro atoms. The maximum atomic E-state index is 13.1. The van der Waals surface area contributed by atoms with Gasteiger partial charge < -0.3 is 14.4 Å². The summed E-state index contributed by atoms with van der Waals surface area (Å²) in [5, 5.41) is 1.51. The third kappa shape index (κ3) is 3.27. The fourth-order valence-corrected chi connectivity index (χ4v) is 5.82. The minimum Gasteiger partial charge on any atom is -0.486 e. The highest BCUT2D eigenvalue weighted by atomic mass is 32.2. The Morgan fingerprint density at radius 1 is 1.06 bits per heavy atom. The van der Waals surface area contributed by atoms with Crippen LogP contribution >= 0.6 is 0 Å². The van der Waals surface area contributed by atoms with Crippen molar-refractivity contribution in [3.05, 3.63) is 60.7 Å². The maximum Gasteiger partial charge on any atom is 0.265 e. The molecule has 2 heterocycles. The largest absolute Gasteiger partial charge is 0.486 e. The molecule has 0 saturated heterocycles. The highest BCUT2D eigenvalue weighted by Crippen LogP contribution is 2.41. The highest BCUT2D eigenvalue weighted by molar-refractivity contribution is 7.93. The standard InChI is InChI=1S/C23H22N2O5S/c1-2-24(13-17-15-29-19-10-3-4-11-20(19)30-17)22(26)14-25-18-9-5-7-16-8-6-12-21(23(16)18)31(25,27)28/h3-12,17H,2,13-15H2,1H3/t17-/m0/s1. The SMILES string of the molecule is CCN(C[C@H]1COc2ccccc2O1)C(=O)CN1c2cccc3cccc(c23)S1(=O)=O. The van der Waals surface area contributed by atoms with Crippen molar-refractivity contribution in [1.82, 2.24) is 4.90 Å². The van der Waals surface area contributed by atoms with Crippen molar-refractivity contribution in [2.75, 3.05) is 30.5 Å². The number of carbonyl (C=O) groups excluding carboxylic acids is 1. The first kappa shape index (κ1) is 19.7. The summed E-state index contributed by atoms with van der Waals surface area (Å²) in [6.45, 7) is 2.69. The number of ether oxygens (including phenoxy) is 2. The molecule has 0 saturated carbocycles. The van der Waals surface area contributed by atoms with Gasteiger partial charge in [0, 0.05) is 11.9 Å². The molecule has 0 aromatic heterocycles. The maximum absolute atomic E-state index is 13.1. The zero-order valence-electron chi connectivity index (χ0n) is 17.0. The zero-order valence-corrected chi connectivity index (χ0v) is 17.8. The van der Waals surface area contributed by atoms with Crippen LogP contribution in [0.25, 0.3) is 10.8 Å². The second-order valence-electron chi connectivity index (χ2n) is 7.57. The predicted molar refractivity (Wildman–Crippen MR) is 117 cm³/mol. The number of amides is 1. The number of nitrogens with zero attached hydrogens (tertiary/aromatic N) is 2. The van der Waals surface area contributed by atoms with Crippen molar-refractivity contribution < 1.29 is 22.7 Å². The van der Waals surface area contributed by atoms with E-state index in [1.807, 2.05) is 49.4 Å². The minimum absolute atomic E-state index is 0.247. The van der Waals surface area contributed by atoms with Gasteiger partial charge in [-0.2, -0.15) is 0 Å². The van der Waals surface area contributed by atoms with E-state index in [0.29, 0.717) is 42.3 Å². The van der Waals surface area contributed by atoms with E-state index < -0.39 is 10.0 Å². The molecular weight excluding hydrogens is 416 g/mol. The topological polar surface area (TPSA) is 76.2 Å². The summed E-state index contributed by atoms with van der Waals surface area (Å²) in [6, 6.07) is 18.0. The Balaban J connectivity index is 1.35. The van der Waals surface area contributed by atoms with Crippen LogP contribution in [-0.4, -0.2) is 51.6 Å². The highest BCUT2D eigenvalue weighted by Gasteiger charge is 2.37. The molecule has 2 aliphatic rings. The van der Waals surface area contributed by atoms with Crippen molar-refractivity contribution in [2.24, 2.45) is 0 Å². The molecule has 5 rings (SSSR count). The molecule has 1 amide bonds. The third-order valence-corrected chi connectivity index (χ3v) is 7.49. The quantitative estimate of drug-likeness (QED) is 0.612. The summed E-state index contributed by atoms with van der Waals surface area (Å²) >= 11 is 0. The van der Waals surface area contributed by atoms with Gasteiger partial charge in [-0.3, -0.25) is 9.10 Å². The molecule has 2 aliphatic heterocycles. The number of carbonyl (C=O) groups is 1. The number of para-hydroxylation sites is 2. The number of benzene rings is 3. The Bertz CT molecular complexity index is 1270. The number of rotatable bonds is 5. The lowest BCUT2D eigenvalue weighted by molar-refractivity contribution is -0.130. The molecule has 0 radical (unpaired) electrons. The molecule has 0 bridgehead atoms. The fraction of sp³-hybridized carbons (Fsp3) is 0.261. The van der Waals surface area contributed by atoms with E-state index in [1.54, 1.807) is 23.1 Å². The number of sulfonamides is 1. The van der Waals surface area contributed by atoms with Crippen LogP contribution in [0.4, 0.5) is 5.69 Å². The fourth-order valence-electron chi connectivity index (χ4n) is 4.16. The van der Waals surface area contributed by atoms with Crippen LogP contribution in [0.5, 0.6) is 11.5 Å². The van der Waals surface area contributed by atoms with E-state index >= 15 is 0 Å². The summed E-state index contributed by atoms with van der Waals surface area (Å²) < 4.78 is 39.2. The van der Waals surface area contributed by atoms with Gasteiger partial charge in [0.05, 0.1) is 17.1 Å². The van der Waals surface area contributed by atoms with Crippen LogP contribution in [0.1, 0.15) is 6.92 Å². The van der Waals surface area contributed by atoms with Crippen molar-refractivity contribution >= 4 is 32.4 Å². The zero-order chi connectivity index (χ0) is 21.6. The number of anilines is 1. The summed E-state index contributed by atoms with van der Waals surface area (Å²) in [6.07, 6.45) is -0.324. The minimum atomic E-state index is -3.78. The molecule has 7 nitrogen and oxygen atoms in total. The van der Waals surface area contributed by atoms with E-state index in [1.165, 1.54) is 4.31 Å². The summed E-state index contributed by atoms with van der Waals surface area (Å²) in [7, 11) is -3.78. The van der Waals surface area contributed by atoms with Crippen LogP contribution in [0.2, 0.25) is 0 Å². The Labute approximate surface area is 180 Å². The smallest absolute Gasteiger partial charge is 0.265 e. The number of hydrogen-bond acceptors (Lipinski definition) is 5. The molecule has 8 heteroatoms. The van der Waals surface area contributed by atoms with Gasteiger partial charge in [-0.25, -0.2) is 8.42 Å². The monoisotopic (exact) mass is 438 g/mol. The number of likely N-dealkylation sites (N-methyl/N-ethyl adjacent to an activating group) is 1. The van der Waals surface area contributed by atoms with Crippen molar-refractivity contribution in [3.63, 3.8) is 0 Å². The van der Waals surface area contributed by atoms with Gasteiger partial charge in [-0.1, -0.05) is 36.4 Å². The summed E-state index contributed by atoms with van der Waals surface area (Å²) in [5.41, 5.74) is 0.545. The van der Waals surface area contributed by atoms with E-state index in [2.05, 4.69) is 0 Å². The van der Waals surface area contributed by atoms with Gasteiger partial charge in [0.15, 0.2) is 17.6 Å². The van der Waals surface area contributed by atoms with E-state index in [0.717, 1.165) is 5.39 Å². The van der Waals surface area contributed by atoms with Gasteiger partial charge in [0.2, 0.25) is 5.91 Å². The Morgan fingerprint density at radius 3 is 2.58 bits per heavy atom. The van der Waals surface area contributed by atoms with Crippen molar-refractivity contribution in [3.8, 4) is 11.5 Å². The average molecular weight is 439 g/mol. The number of fused-ring (bicyclic) bond motifs is 1. The molecule has 3 aromatic carbocycles. The van der Waals surface area contributed by atoms with Crippen LogP contribution < -0.4 is 13.8 Å².